The summed E-state index contributed by atoms with van der Waals surface area (Å²) in [6, 6.07) is 22.4. The van der Waals surface area contributed by atoms with Gasteiger partial charge in [-0.1, -0.05) is 60.7 Å². The quantitative estimate of drug-likeness (QED) is 0.691. The summed E-state index contributed by atoms with van der Waals surface area (Å²) in [6.45, 7) is 2.26. The molecule has 0 atom stereocenters. The molecule has 0 unspecified atom stereocenters. The normalized spacial score (nSPS) is 10.7. The highest BCUT2D eigenvalue weighted by molar-refractivity contribution is 8.00. The molecule has 2 aromatic carbocycles. The van der Waals surface area contributed by atoms with Crippen molar-refractivity contribution in [1.29, 1.82) is 0 Å². The minimum Gasteiger partial charge on any atom is -0.350 e. The molecule has 132 valence electrons. The van der Waals surface area contributed by atoms with Gasteiger partial charge in [0.05, 0.1) is 23.2 Å². The molecule has 0 aliphatic carbocycles. The summed E-state index contributed by atoms with van der Waals surface area (Å²) in [5, 5.41) is 3.06. The van der Waals surface area contributed by atoms with Crippen molar-refractivity contribution >= 4 is 17.7 Å². The summed E-state index contributed by atoms with van der Waals surface area (Å²) >= 11 is 1.63. The predicted molar refractivity (Wildman–Crippen MR) is 106 cm³/mol. The van der Waals surface area contributed by atoms with Gasteiger partial charge in [-0.3, -0.25) is 4.79 Å². The van der Waals surface area contributed by atoms with Gasteiger partial charge in [-0.15, -0.1) is 11.8 Å². The van der Waals surface area contributed by atoms with Gasteiger partial charge < -0.3 is 5.32 Å². The molecule has 1 aromatic heterocycles. The van der Waals surface area contributed by atoms with Crippen molar-refractivity contribution in [3.63, 3.8) is 0 Å². The predicted octanol–water partition coefficient (Wildman–Crippen LogP) is 3.92. The number of hydrogen-bond acceptors (Lipinski definition) is 4. The second-order valence-corrected chi connectivity index (χ2v) is 6.98. The number of thioether (sulfide) groups is 1. The summed E-state index contributed by atoms with van der Waals surface area (Å²) in [5.74, 6) is 1.10. The van der Waals surface area contributed by atoms with E-state index in [2.05, 4.69) is 39.6 Å². The molecule has 0 aliphatic rings. The maximum atomic E-state index is 12.3. The number of aromatic nitrogens is 2. The highest BCUT2D eigenvalue weighted by Gasteiger charge is 2.16. The molecule has 3 aromatic rings. The van der Waals surface area contributed by atoms with Crippen LogP contribution in [-0.4, -0.2) is 21.6 Å². The van der Waals surface area contributed by atoms with E-state index >= 15 is 0 Å². The number of amides is 1. The van der Waals surface area contributed by atoms with Crippen molar-refractivity contribution in [3.05, 3.63) is 95.6 Å². The highest BCUT2D eigenvalue weighted by atomic mass is 32.2. The van der Waals surface area contributed by atoms with Crippen LogP contribution in [0.5, 0.6) is 0 Å². The lowest BCUT2D eigenvalue weighted by atomic mass is 10.0. The number of nitrogens with zero attached hydrogens (tertiary/aromatic N) is 2. The Morgan fingerprint density at radius 3 is 2.19 bits per heavy atom. The average molecular weight is 363 g/mol. The molecule has 0 fully saturated rings. The Balaban J connectivity index is 1.61. The Morgan fingerprint density at radius 2 is 1.62 bits per heavy atom. The Kier molecular flexibility index (Phi) is 6.39. The third kappa shape index (κ3) is 5.17. The van der Waals surface area contributed by atoms with E-state index in [-0.39, 0.29) is 11.2 Å². The summed E-state index contributed by atoms with van der Waals surface area (Å²) in [7, 11) is 0. The van der Waals surface area contributed by atoms with Crippen LogP contribution < -0.4 is 5.32 Å². The van der Waals surface area contributed by atoms with Gasteiger partial charge in [0.2, 0.25) is 5.91 Å². The molecule has 0 saturated heterocycles. The molecule has 5 heteroatoms. The van der Waals surface area contributed by atoms with Crippen molar-refractivity contribution in [2.75, 3.05) is 5.75 Å². The van der Waals surface area contributed by atoms with Crippen LogP contribution in [0.2, 0.25) is 0 Å². The van der Waals surface area contributed by atoms with E-state index in [1.165, 1.54) is 11.1 Å². The molecule has 26 heavy (non-hydrogen) atoms. The minimum absolute atomic E-state index is 0.00290. The van der Waals surface area contributed by atoms with E-state index in [0.29, 0.717) is 18.1 Å². The number of benzene rings is 2. The molecule has 0 saturated carbocycles. The summed E-state index contributed by atoms with van der Waals surface area (Å²) in [6.07, 6.45) is 1.71. The van der Waals surface area contributed by atoms with E-state index in [0.717, 1.165) is 5.69 Å². The third-order valence-corrected chi connectivity index (χ3v) is 5.19. The molecule has 3 rings (SSSR count). The Bertz CT molecular complexity index is 801. The van der Waals surface area contributed by atoms with Crippen molar-refractivity contribution in [3.8, 4) is 0 Å². The van der Waals surface area contributed by atoms with Crippen LogP contribution in [-0.2, 0) is 11.3 Å². The molecule has 0 radical (unpaired) electrons. The fourth-order valence-corrected chi connectivity index (χ4v) is 3.76. The van der Waals surface area contributed by atoms with Gasteiger partial charge in [-0.05, 0) is 24.1 Å². The van der Waals surface area contributed by atoms with Gasteiger partial charge in [0.15, 0.2) is 0 Å². The summed E-state index contributed by atoms with van der Waals surface area (Å²) in [5.41, 5.74) is 3.21. The summed E-state index contributed by atoms with van der Waals surface area (Å²) in [4.78, 5) is 20.7. The zero-order valence-corrected chi connectivity index (χ0v) is 15.4. The van der Waals surface area contributed by atoms with Gasteiger partial charge in [-0.2, -0.15) is 0 Å². The van der Waals surface area contributed by atoms with Gasteiger partial charge in [-0.25, -0.2) is 9.97 Å². The van der Waals surface area contributed by atoms with Crippen molar-refractivity contribution in [2.45, 2.75) is 18.7 Å². The Hall–Kier alpha value is -2.66. The van der Waals surface area contributed by atoms with Crippen LogP contribution in [0.15, 0.2) is 72.9 Å². The van der Waals surface area contributed by atoms with Crippen LogP contribution in [0.1, 0.15) is 27.9 Å². The SMILES string of the molecule is Cc1nccc(CNC(=O)CSC(c2ccccc2)c2ccccc2)n1. The van der Waals surface area contributed by atoms with Crippen LogP contribution in [0.4, 0.5) is 0 Å². The Labute approximate surface area is 158 Å². The van der Waals surface area contributed by atoms with E-state index in [4.69, 9.17) is 0 Å². The average Bonchev–Trinajstić information content (AvgIpc) is 2.68. The van der Waals surface area contributed by atoms with E-state index < -0.39 is 0 Å². The monoisotopic (exact) mass is 363 g/mol. The lowest BCUT2D eigenvalue weighted by Crippen LogP contribution is -2.25. The van der Waals surface area contributed by atoms with E-state index in [1.807, 2.05) is 49.4 Å². The van der Waals surface area contributed by atoms with E-state index in [1.54, 1.807) is 18.0 Å². The standard InChI is InChI=1S/C21H21N3OS/c1-16-22-13-12-19(24-16)14-23-20(25)15-26-21(17-8-4-2-5-9-17)18-10-6-3-7-11-18/h2-13,21H,14-15H2,1H3,(H,23,25). The molecule has 4 nitrogen and oxygen atoms in total. The fraction of sp³-hybridized carbons (Fsp3) is 0.190. The first-order valence-electron chi connectivity index (χ1n) is 8.49. The number of hydrogen-bond donors (Lipinski definition) is 1. The molecule has 1 N–H and O–H groups in total. The lowest BCUT2D eigenvalue weighted by Gasteiger charge is -2.17. The molecular weight excluding hydrogens is 342 g/mol. The lowest BCUT2D eigenvalue weighted by molar-refractivity contribution is -0.118. The number of rotatable bonds is 7. The smallest absolute Gasteiger partial charge is 0.230 e. The highest BCUT2D eigenvalue weighted by Crippen LogP contribution is 2.35. The van der Waals surface area contributed by atoms with Crippen molar-refractivity contribution in [1.82, 2.24) is 15.3 Å². The van der Waals surface area contributed by atoms with Crippen molar-refractivity contribution < 1.29 is 4.79 Å². The Morgan fingerprint density at radius 1 is 1.00 bits per heavy atom. The number of nitrogens with one attached hydrogen (secondary N) is 1. The second-order valence-electron chi connectivity index (χ2n) is 5.88. The molecule has 1 heterocycles. The summed E-state index contributed by atoms with van der Waals surface area (Å²) < 4.78 is 0. The van der Waals surface area contributed by atoms with Gasteiger partial charge in [0.25, 0.3) is 0 Å². The maximum Gasteiger partial charge on any atom is 0.230 e. The van der Waals surface area contributed by atoms with Crippen LogP contribution >= 0.6 is 11.8 Å². The molecule has 0 aliphatic heterocycles. The van der Waals surface area contributed by atoms with Gasteiger partial charge in [0.1, 0.15) is 5.82 Å². The molecular formula is C21H21N3OS. The number of aryl methyl sites for hydroxylation is 1. The van der Waals surface area contributed by atoms with Crippen LogP contribution in [0.3, 0.4) is 0 Å². The third-order valence-electron chi connectivity index (χ3n) is 3.89. The van der Waals surface area contributed by atoms with Gasteiger partial charge >= 0.3 is 0 Å². The number of carbonyl (C=O) groups excluding carboxylic acids is 1. The second kappa shape index (κ2) is 9.15. The largest absolute Gasteiger partial charge is 0.350 e. The molecule has 1 amide bonds. The van der Waals surface area contributed by atoms with Crippen LogP contribution in [0, 0.1) is 6.92 Å². The van der Waals surface area contributed by atoms with Gasteiger partial charge in [0, 0.05) is 6.20 Å². The molecule has 0 bridgehead atoms. The first-order chi connectivity index (χ1) is 12.7. The van der Waals surface area contributed by atoms with Crippen molar-refractivity contribution in [2.24, 2.45) is 0 Å². The topological polar surface area (TPSA) is 54.9 Å². The fourth-order valence-electron chi connectivity index (χ4n) is 2.64. The minimum atomic E-state index is 0.00290. The zero-order chi connectivity index (χ0) is 18.2. The first kappa shape index (κ1) is 18.1. The van der Waals surface area contributed by atoms with E-state index in [9.17, 15) is 4.79 Å². The maximum absolute atomic E-state index is 12.3. The number of carbonyl (C=O) groups is 1. The molecule has 0 spiro atoms. The van der Waals surface area contributed by atoms with Crippen LogP contribution in [0.25, 0.3) is 0 Å². The zero-order valence-electron chi connectivity index (χ0n) is 14.6. The first-order valence-corrected chi connectivity index (χ1v) is 9.54.